The molecule has 2 atom stereocenters. The van der Waals surface area contributed by atoms with Gasteiger partial charge in [0.05, 0.1) is 12.8 Å². The molecule has 20 heavy (non-hydrogen) atoms. The van der Waals surface area contributed by atoms with E-state index in [2.05, 4.69) is 25.8 Å². The third-order valence-electron chi connectivity index (χ3n) is 4.36. The van der Waals surface area contributed by atoms with Gasteiger partial charge >= 0.3 is 0 Å². The summed E-state index contributed by atoms with van der Waals surface area (Å²) in [5.41, 5.74) is 0. The van der Waals surface area contributed by atoms with Crippen LogP contribution in [0.5, 0.6) is 0 Å². The van der Waals surface area contributed by atoms with Gasteiger partial charge in [-0.3, -0.25) is 4.90 Å². The molecule has 2 fully saturated rings. The van der Waals surface area contributed by atoms with Gasteiger partial charge in [-0.1, -0.05) is 0 Å². The third-order valence-corrected chi connectivity index (χ3v) is 4.36. The van der Waals surface area contributed by atoms with E-state index in [9.17, 15) is 0 Å². The van der Waals surface area contributed by atoms with Crippen LogP contribution in [0.3, 0.4) is 0 Å². The first-order chi connectivity index (χ1) is 9.88. The number of fused-ring (bicyclic) bond motifs is 1. The molecule has 0 spiro atoms. The highest BCUT2D eigenvalue weighted by atomic mass is 16.3. The summed E-state index contributed by atoms with van der Waals surface area (Å²) in [5.74, 6) is 3.40. The van der Waals surface area contributed by atoms with Crippen LogP contribution in [-0.2, 0) is 6.54 Å². The van der Waals surface area contributed by atoms with Crippen LogP contribution < -0.4 is 4.90 Å². The van der Waals surface area contributed by atoms with E-state index in [0.717, 1.165) is 56.3 Å². The van der Waals surface area contributed by atoms with Crippen molar-refractivity contribution in [2.24, 2.45) is 11.8 Å². The number of furan rings is 1. The number of anilines is 1. The fourth-order valence-electron chi connectivity index (χ4n) is 3.46. The van der Waals surface area contributed by atoms with Crippen LogP contribution in [0, 0.1) is 11.8 Å². The normalized spacial score (nSPS) is 26.1. The van der Waals surface area contributed by atoms with Crippen molar-refractivity contribution in [2.45, 2.75) is 6.54 Å². The fourth-order valence-corrected chi connectivity index (χ4v) is 3.46. The maximum Gasteiger partial charge on any atom is 0.225 e. The van der Waals surface area contributed by atoms with Crippen molar-refractivity contribution in [1.82, 2.24) is 14.9 Å². The molecule has 2 aliphatic heterocycles. The molecule has 0 unspecified atom stereocenters. The number of likely N-dealkylation sites (tertiary alicyclic amines) is 1. The molecule has 0 amide bonds. The Morgan fingerprint density at radius 2 is 1.80 bits per heavy atom. The molecule has 0 aliphatic carbocycles. The van der Waals surface area contributed by atoms with Crippen molar-refractivity contribution in [2.75, 3.05) is 31.1 Å². The summed E-state index contributed by atoms with van der Waals surface area (Å²) in [7, 11) is 0. The smallest absolute Gasteiger partial charge is 0.225 e. The van der Waals surface area contributed by atoms with E-state index in [1.165, 1.54) is 0 Å². The van der Waals surface area contributed by atoms with Crippen LogP contribution in [0.4, 0.5) is 5.95 Å². The minimum absolute atomic E-state index is 0.730. The van der Waals surface area contributed by atoms with Crippen LogP contribution in [0.2, 0.25) is 0 Å². The molecule has 0 aromatic carbocycles. The minimum Gasteiger partial charge on any atom is -0.468 e. The molecule has 5 heteroatoms. The lowest BCUT2D eigenvalue weighted by Crippen LogP contribution is -2.29. The molecule has 2 aliphatic rings. The standard InChI is InChI=1S/C15H18N4O/c1-3-14(20-6-1)11-18-7-12-9-19(10-13(12)8-18)15-16-4-2-5-17-15/h1-6,12-13H,7-11H2/t12-,13-/m1/s1. The van der Waals surface area contributed by atoms with Crippen molar-refractivity contribution in [1.29, 1.82) is 0 Å². The Bertz CT molecular complexity index is 543. The van der Waals surface area contributed by atoms with Crippen molar-refractivity contribution in [3.05, 3.63) is 42.6 Å². The highest BCUT2D eigenvalue weighted by Gasteiger charge is 2.40. The summed E-state index contributed by atoms with van der Waals surface area (Å²) in [6.45, 7) is 5.37. The van der Waals surface area contributed by atoms with E-state index in [1.807, 2.05) is 24.5 Å². The maximum atomic E-state index is 5.44. The van der Waals surface area contributed by atoms with Gasteiger partial charge in [-0.2, -0.15) is 0 Å². The first kappa shape index (κ1) is 11.9. The third kappa shape index (κ3) is 2.18. The Morgan fingerprint density at radius 3 is 2.45 bits per heavy atom. The number of hydrogen-bond acceptors (Lipinski definition) is 5. The summed E-state index contributed by atoms with van der Waals surface area (Å²) in [5, 5.41) is 0. The van der Waals surface area contributed by atoms with E-state index < -0.39 is 0 Å². The zero-order valence-corrected chi connectivity index (χ0v) is 11.4. The van der Waals surface area contributed by atoms with Crippen LogP contribution >= 0.6 is 0 Å². The van der Waals surface area contributed by atoms with E-state index in [0.29, 0.717) is 0 Å². The molecule has 2 aromatic rings. The lowest BCUT2D eigenvalue weighted by atomic mass is 10.0. The Labute approximate surface area is 118 Å². The molecule has 4 rings (SSSR count). The molecule has 4 heterocycles. The molecule has 0 saturated carbocycles. The number of rotatable bonds is 3. The Kier molecular flexibility index (Phi) is 2.92. The van der Waals surface area contributed by atoms with Crippen LogP contribution in [-0.4, -0.2) is 41.0 Å². The highest BCUT2D eigenvalue weighted by molar-refractivity contribution is 5.31. The van der Waals surface area contributed by atoms with Crippen molar-refractivity contribution < 1.29 is 4.42 Å². The molecule has 0 bridgehead atoms. The minimum atomic E-state index is 0.730. The topological polar surface area (TPSA) is 45.4 Å². The summed E-state index contributed by atoms with van der Waals surface area (Å²) in [4.78, 5) is 13.5. The van der Waals surface area contributed by atoms with Gasteiger partial charge in [0.1, 0.15) is 5.76 Å². The molecule has 0 radical (unpaired) electrons. The Hall–Kier alpha value is -1.88. The first-order valence-electron chi connectivity index (χ1n) is 7.15. The van der Waals surface area contributed by atoms with E-state index in [1.54, 1.807) is 6.26 Å². The lowest BCUT2D eigenvalue weighted by molar-refractivity contribution is 0.280. The number of hydrogen-bond donors (Lipinski definition) is 0. The summed E-state index contributed by atoms with van der Waals surface area (Å²) in [6, 6.07) is 5.88. The van der Waals surface area contributed by atoms with Crippen LogP contribution in [0.15, 0.2) is 41.3 Å². The second-order valence-corrected chi connectivity index (χ2v) is 5.75. The Morgan fingerprint density at radius 1 is 1.05 bits per heavy atom. The van der Waals surface area contributed by atoms with Gasteiger partial charge in [0, 0.05) is 38.6 Å². The van der Waals surface area contributed by atoms with Gasteiger partial charge < -0.3 is 9.32 Å². The second-order valence-electron chi connectivity index (χ2n) is 5.75. The fraction of sp³-hybridized carbons (Fsp3) is 0.467. The summed E-state index contributed by atoms with van der Waals surface area (Å²) >= 11 is 0. The van der Waals surface area contributed by atoms with Crippen molar-refractivity contribution in [3.63, 3.8) is 0 Å². The van der Waals surface area contributed by atoms with Crippen LogP contribution in [0.25, 0.3) is 0 Å². The van der Waals surface area contributed by atoms with Crippen molar-refractivity contribution in [3.8, 4) is 0 Å². The molecule has 2 aromatic heterocycles. The zero-order chi connectivity index (χ0) is 13.4. The van der Waals surface area contributed by atoms with Crippen LogP contribution in [0.1, 0.15) is 5.76 Å². The monoisotopic (exact) mass is 270 g/mol. The van der Waals surface area contributed by atoms with Gasteiger partial charge in [-0.05, 0) is 30.0 Å². The number of nitrogens with zero attached hydrogens (tertiary/aromatic N) is 4. The average molecular weight is 270 g/mol. The maximum absolute atomic E-state index is 5.44. The first-order valence-corrected chi connectivity index (χ1v) is 7.15. The molecular weight excluding hydrogens is 252 g/mol. The van der Waals surface area contributed by atoms with Gasteiger partial charge in [-0.15, -0.1) is 0 Å². The van der Waals surface area contributed by atoms with Gasteiger partial charge in [0.2, 0.25) is 5.95 Å². The summed E-state index contributed by atoms with van der Waals surface area (Å²) < 4.78 is 5.44. The highest BCUT2D eigenvalue weighted by Crippen LogP contribution is 2.33. The predicted molar refractivity (Wildman–Crippen MR) is 75.2 cm³/mol. The quantitative estimate of drug-likeness (QED) is 0.848. The zero-order valence-electron chi connectivity index (χ0n) is 11.4. The van der Waals surface area contributed by atoms with Crippen molar-refractivity contribution >= 4 is 5.95 Å². The Balaban J connectivity index is 1.38. The molecule has 104 valence electrons. The average Bonchev–Trinajstić information content (AvgIpc) is 3.16. The van der Waals surface area contributed by atoms with Gasteiger partial charge in [0.15, 0.2) is 0 Å². The summed E-state index contributed by atoms with van der Waals surface area (Å²) in [6.07, 6.45) is 5.39. The van der Waals surface area contributed by atoms with E-state index in [4.69, 9.17) is 4.42 Å². The van der Waals surface area contributed by atoms with Gasteiger partial charge in [-0.25, -0.2) is 9.97 Å². The molecule has 0 N–H and O–H groups in total. The SMILES string of the molecule is c1cnc(N2C[C@H]3CN(Cc4ccco4)C[C@@H]3C2)nc1. The number of aromatic nitrogens is 2. The predicted octanol–water partition coefficient (Wildman–Crippen LogP) is 1.64. The second kappa shape index (κ2) is 4.90. The van der Waals surface area contributed by atoms with E-state index in [-0.39, 0.29) is 0 Å². The van der Waals surface area contributed by atoms with Gasteiger partial charge in [0.25, 0.3) is 0 Å². The molecule has 5 nitrogen and oxygen atoms in total. The van der Waals surface area contributed by atoms with E-state index >= 15 is 0 Å². The molecule has 2 saturated heterocycles. The largest absolute Gasteiger partial charge is 0.468 e. The lowest BCUT2D eigenvalue weighted by Gasteiger charge is -2.20. The molecular formula is C15H18N4O.